The first-order valence-corrected chi connectivity index (χ1v) is 14.5. The number of rotatable bonds is 4. The van der Waals surface area contributed by atoms with Crippen LogP contribution in [-0.2, 0) is 0 Å². The Bertz CT molecular complexity index is 1580. The topological polar surface area (TPSA) is 88.5 Å². The predicted molar refractivity (Wildman–Crippen MR) is 162 cm³/mol. The summed E-state index contributed by atoms with van der Waals surface area (Å²) in [5.74, 6) is -1.03. The lowest BCUT2D eigenvalue weighted by atomic mass is 9.97. The van der Waals surface area contributed by atoms with Crippen molar-refractivity contribution in [3.63, 3.8) is 0 Å². The van der Waals surface area contributed by atoms with E-state index in [1.807, 2.05) is 25.2 Å². The van der Waals surface area contributed by atoms with Gasteiger partial charge in [-0.3, -0.25) is 0 Å². The van der Waals surface area contributed by atoms with E-state index in [4.69, 9.17) is 4.74 Å². The summed E-state index contributed by atoms with van der Waals surface area (Å²) in [7, 11) is 0. The van der Waals surface area contributed by atoms with Crippen LogP contribution in [0.2, 0.25) is 0 Å². The monoisotopic (exact) mass is 572 g/mol. The highest BCUT2D eigenvalue weighted by Crippen LogP contribution is 2.33. The second kappa shape index (κ2) is 12.4. The molecule has 0 saturated carbocycles. The van der Waals surface area contributed by atoms with Gasteiger partial charge in [0.1, 0.15) is 17.4 Å². The molecule has 3 heterocycles. The summed E-state index contributed by atoms with van der Waals surface area (Å²) in [5, 5.41) is 17.3. The Labute approximate surface area is 246 Å². The zero-order chi connectivity index (χ0) is 30.0. The van der Waals surface area contributed by atoms with Crippen molar-refractivity contribution in [1.29, 1.82) is 5.26 Å². The molecule has 7 nitrogen and oxygen atoms in total. The van der Waals surface area contributed by atoms with Crippen molar-refractivity contribution >= 4 is 16.7 Å². The Balaban J connectivity index is 1.49. The van der Waals surface area contributed by atoms with Gasteiger partial charge in [-0.15, -0.1) is 0 Å². The van der Waals surface area contributed by atoms with Crippen molar-refractivity contribution < 1.29 is 13.5 Å². The Morgan fingerprint density at radius 3 is 2.52 bits per heavy atom. The van der Waals surface area contributed by atoms with E-state index in [9.17, 15) is 9.65 Å². The first-order valence-electron chi connectivity index (χ1n) is 14.5. The molecule has 1 aromatic heterocycles. The maximum atomic E-state index is 15.5. The Morgan fingerprint density at radius 2 is 1.79 bits per heavy atom. The minimum Gasteiger partial charge on any atom is -0.457 e. The summed E-state index contributed by atoms with van der Waals surface area (Å²) >= 11 is 0. The number of fused-ring (bicyclic) bond motifs is 1. The highest BCUT2D eigenvalue weighted by Gasteiger charge is 2.27. The van der Waals surface area contributed by atoms with Crippen molar-refractivity contribution in [2.75, 3.05) is 13.1 Å². The number of allylic oxidation sites excluding steroid dienone is 7. The third-order valence-corrected chi connectivity index (χ3v) is 7.87. The van der Waals surface area contributed by atoms with Crippen molar-refractivity contribution in [3.8, 4) is 11.8 Å². The lowest BCUT2D eigenvalue weighted by molar-refractivity contribution is 0.198. The summed E-state index contributed by atoms with van der Waals surface area (Å²) in [6, 6.07) is 5.56. The van der Waals surface area contributed by atoms with E-state index in [0.29, 0.717) is 30.1 Å². The van der Waals surface area contributed by atoms with Crippen molar-refractivity contribution in [2.45, 2.75) is 59.5 Å². The van der Waals surface area contributed by atoms with E-state index < -0.39 is 11.6 Å². The fourth-order valence-corrected chi connectivity index (χ4v) is 5.90. The molecule has 3 aliphatic rings. The minimum atomic E-state index is -0.689. The van der Waals surface area contributed by atoms with Gasteiger partial charge in [-0.25, -0.2) is 13.8 Å². The maximum Gasteiger partial charge on any atom is 0.175 e. The summed E-state index contributed by atoms with van der Waals surface area (Å²) in [4.78, 5) is 9.82. The molecule has 1 aliphatic carbocycles. The molecule has 220 valence electrons. The fraction of sp³-hybridized carbons (Fsp3) is 0.394. The molecule has 0 bridgehead atoms. The van der Waals surface area contributed by atoms with Gasteiger partial charge in [0.15, 0.2) is 23.2 Å². The first kappa shape index (κ1) is 29.3. The van der Waals surface area contributed by atoms with E-state index in [2.05, 4.69) is 64.5 Å². The van der Waals surface area contributed by atoms with Gasteiger partial charge in [-0.05, 0) is 63.8 Å². The van der Waals surface area contributed by atoms with Crippen LogP contribution in [-0.4, -0.2) is 40.9 Å². The van der Waals surface area contributed by atoms with Crippen LogP contribution < -0.4 is 15.4 Å². The van der Waals surface area contributed by atoms with Gasteiger partial charge in [0.2, 0.25) is 0 Å². The van der Waals surface area contributed by atoms with Crippen molar-refractivity contribution in [3.05, 3.63) is 88.8 Å². The van der Waals surface area contributed by atoms with E-state index in [-0.39, 0.29) is 39.7 Å². The molecule has 0 amide bonds. The van der Waals surface area contributed by atoms with Gasteiger partial charge in [-0.1, -0.05) is 26.0 Å². The SMILES string of the molecule is Cc1cc2c(F)c(O/C3=C(C#N)/C(NC4=C/C=C(/N5C[C@@H](C)N[C@@H](C)C5)C(C)C\C=C\4)=N\C=C\CC3C)cc(F)c2[nH]1. The van der Waals surface area contributed by atoms with Gasteiger partial charge >= 0.3 is 0 Å². The fourth-order valence-electron chi connectivity index (χ4n) is 5.90. The maximum absolute atomic E-state index is 15.5. The molecule has 5 rings (SSSR count). The van der Waals surface area contributed by atoms with Crippen LogP contribution in [0.4, 0.5) is 8.78 Å². The number of nitriles is 1. The minimum absolute atomic E-state index is 0.0823. The molecule has 2 unspecified atom stereocenters. The molecular weight excluding hydrogens is 534 g/mol. The third-order valence-electron chi connectivity index (χ3n) is 7.87. The average Bonchev–Trinajstić information content (AvgIpc) is 3.33. The lowest BCUT2D eigenvalue weighted by Crippen LogP contribution is -2.54. The quantitative estimate of drug-likeness (QED) is 0.389. The highest BCUT2D eigenvalue weighted by atomic mass is 19.1. The lowest BCUT2D eigenvalue weighted by Gasteiger charge is -2.40. The van der Waals surface area contributed by atoms with Crippen LogP contribution in [0.15, 0.2) is 76.4 Å². The van der Waals surface area contributed by atoms with Crippen molar-refractivity contribution in [1.82, 2.24) is 20.5 Å². The van der Waals surface area contributed by atoms with Crippen LogP contribution in [0.3, 0.4) is 0 Å². The number of hydrogen-bond acceptors (Lipinski definition) is 6. The smallest absolute Gasteiger partial charge is 0.175 e. The second-order valence-corrected chi connectivity index (χ2v) is 11.6. The number of benzene rings is 1. The number of aromatic amines is 1. The largest absolute Gasteiger partial charge is 0.457 e. The van der Waals surface area contributed by atoms with Crippen LogP contribution in [0, 0.1) is 41.7 Å². The number of nitrogens with zero attached hydrogens (tertiary/aromatic N) is 3. The van der Waals surface area contributed by atoms with Gasteiger partial charge in [0.25, 0.3) is 0 Å². The number of ether oxygens (including phenoxy) is 1. The predicted octanol–water partition coefficient (Wildman–Crippen LogP) is 6.50. The first-order chi connectivity index (χ1) is 20.1. The molecule has 3 N–H and O–H groups in total. The number of nitrogens with one attached hydrogen (secondary N) is 3. The molecule has 2 aromatic rings. The second-order valence-electron chi connectivity index (χ2n) is 11.6. The molecule has 1 fully saturated rings. The van der Waals surface area contributed by atoms with Crippen LogP contribution >= 0.6 is 0 Å². The van der Waals surface area contributed by atoms with E-state index in [0.717, 1.165) is 31.3 Å². The van der Waals surface area contributed by atoms with Crippen molar-refractivity contribution in [2.24, 2.45) is 16.8 Å². The van der Waals surface area contributed by atoms with Gasteiger partial charge < -0.3 is 25.3 Å². The summed E-state index contributed by atoms with van der Waals surface area (Å²) < 4.78 is 36.4. The molecule has 4 atom stereocenters. The Kier molecular flexibility index (Phi) is 8.64. The molecule has 1 aromatic carbocycles. The van der Waals surface area contributed by atoms with Gasteiger partial charge in [-0.2, -0.15) is 5.26 Å². The number of aromatic nitrogens is 1. The number of halogens is 2. The molecule has 0 radical (unpaired) electrons. The molecule has 0 spiro atoms. The van der Waals surface area contributed by atoms with Gasteiger partial charge in [0, 0.05) is 65.8 Å². The number of piperazine rings is 1. The highest BCUT2D eigenvalue weighted by molar-refractivity contribution is 6.04. The third kappa shape index (κ3) is 6.19. The zero-order valence-electron chi connectivity index (χ0n) is 24.8. The van der Waals surface area contributed by atoms with Crippen LogP contribution in [0.25, 0.3) is 10.9 Å². The van der Waals surface area contributed by atoms with Crippen LogP contribution in [0.5, 0.6) is 5.75 Å². The molecule has 1 saturated heterocycles. The Hall–Kier alpha value is -4.16. The van der Waals surface area contributed by atoms with E-state index >= 15 is 4.39 Å². The number of amidine groups is 1. The zero-order valence-corrected chi connectivity index (χ0v) is 24.8. The molecular formula is C33H38F2N6O. The number of aryl methyl sites for hydroxylation is 1. The van der Waals surface area contributed by atoms with E-state index in [1.54, 1.807) is 13.1 Å². The summed E-state index contributed by atoms with van der Waals surface area (Å²) in [6.45, 7) is 12.1. The average molecular weight is 573 g/mol. The van der Waals surface area contributed by atoms with E-state index in [1.165, 1.54) is 11.8 Å². The Morgan fingerprint density at radius 1 is 1.05 bits per heavy atom. The molecule has 42 heavy (non-hydrogen) atoms. The normalized spacial score (nSPS) is 32.0. The standard InChI is InChI=1S/C33H38F2N6O/c1-19-8-6-10-24(11-12-28(19)41-17-22(4)38-23(5)18-41)40-33-26(16-36)32(20(2)9-7-13-37-33)42-29-15-27(34)31-25(30(29)35)14-21(3)39-31/h6-7,10-15,19-20,22-23,38-39H,8-9,17-18H2,1-5H3,(H,37,40)/b10-6+,13-7+,24-11+,28-12+,32-26+/t19?,20?,22-,23+. The molecule has 2 aliphatic heterocycles. The summed E-state index contributed by atoms with van der Waals surface area (Å²) in [6.07, 6.45) is 13.1. The summed E-state index contributed by atoms with van der Waals surface area (Å²) in [5.41, 5.74) is 2.87. The van der Waals surface area contributed by atoms with Crippen LogP contribution in [0.1, 0.15) is 46.2 Å². The number of H-pyrrole nitrogens is 1. The number of hydrogen-bond donors (Lipinski definition) is 3. The number of aliphatic imine (C=N–C) groups is 1. The molecule has 9 heteroatoms. The van der Waals surface area contributed by atoms with Gasteiger partial charge in [0.05, 0.1) is 5.52 Å².